The molecule has 41 heavy (non-hydrogen) atoms. The van der Waals surface area contributed by atoms with E-state index in [1.54, 1.807) is 30.3 Å². The zero-order valence-corrected chi connectivity index (χ0v) is 25.9. The van der Waals surface area contributed by atoms with Crippen LogP contribution >= 0.6 is 15.9 Å². The van der Waals surface area contributed by atoms with Gasteiger partial charge in [0, 0.05) is 37.6 Å². The van der Waals surface area contributed by atoms with E-state index < -0.39 is 28.7 Å². The Morgan fingerprint density at radius 3 is 2.05 bits per heavy atom. The molecule has 4 rings (SSSR count). The van der Waals surface area contributed by atoms with Gasteiger partial charge in [0.1, 0.15) is 12.6 Å². The smallest absolute Gasteiger partial charge is 0.304 e. The average molecular weight is 642 g/mol. The number of benzene rings is 3. The predicted molar refractivity (Wildman–Crippen MR) is 165 cm³/mol. The quantitative estimate of drug-likeness (QED) is 0.309. The fourth-order valence-electron chi connectivity index (χ4n) is 5.02. The Morgan fingerprint density at radius 1 is 0.878 bits per heavy atom. The van der Waals surface area contributed by atoms with E-state index in [4.69, 9.17) is 0 Å². The Bertz CT molecular complexity index is 1400. The van der Waals surface area contributed by atoms with Gasteiger partial charge in [-0.1, -0.05) is 89.4 Å². The molecule has 0 saturated heterocycles. The first-order chi connectivity index (χ1) is 19.6. The van der Waals surface area contributed by atoms with Crippen molar-refractivity contribution in [1.29, 1.82) is 0 Å². The van der Waals surface area contributed by atoms with Gasteiger partial charge in [-0.15, -0.1) is 0 Å². The molecule has 1 unspecified atom stereocenters. The monoisotopic (exact) mass is 640 g/mol. The van der Waals surface area contributed by atoms with E-state index in [0.717, 1.165) is 49.9 Å². The molecule has 0 heterocycles. The molecule has 0 aromatic heterocycles. The highest BCUT2D eigenvalue weighted by molar-refractivity contribution is 9.10. The molecule has 1 atom stereocenters. The summed E-state index contributed by atoms with van der Waals surface area (Å²) in [5, 5.41) is 3.18. The molecule has 3 aromatic rings. The number of rotatable bonds is 12. The van der Waals surface area contributed by atoms with Crippen LogP contribution in [0.1, 0.15) is 36.8 Å². The zero-order valence-electron chi connectivity index (χ0n) is 23.4. The van der Waals surface area contributed by atoms with E-state index in [-0.39, 0.29) is 18.5 Å². The van der Waals surface area contributed by atoms with Crippen molar-refractivity contribution in [2.45, 2.75) is 50.7 Å². The first kappa shape index (κ1) is 30.7. The zero-order chi connectivity index (χ0) is 29.4. The number of anilines is 1. The molecule has 1 fully saturated rings. The molecule has 3 aromatic carbocycles. The topological polar surface area (TPSA) is 90.0 Å². The number of hydrogen-bond acceptors (Lipinski definition) is 4. The maximum absolute atomic E-state index is 14.3. The lowest BCUT2D eigenvalue weighted by atomic mass is 10.0. The number of amides is 2. The molecular formula is C31H37BrN4O4S. The van der Waals surface area contributed by atoms with Crippen molar-refractivity contribution in [3.8, 4) is 0 Å². The summed E-state index contributed by atoms with van der Waals surface area (Å²) >= 11 is 3.46. The van der Waals surface area contributed by atoms with Crippen LogP contribution in [-0.2, 0) is 32.8 Å². The van der Waals surface area contributed by atoms with Gasteiger partial charge in [-0.05, 0) is 48.2 Å². The van der Waals surface area contributed by atoms with E-state index in [1.807, 2.05) is 54.6 Å². The number of halogens is 1. The van der Waals surface area contributed by atoms with Crippen molar-refractivity contribution in [3.05, 3.63) is 101 Å². The van der Waals surface area contributed by atoms with Crippen molar-refractivity contribution in [2.75, 3.05) is 24.9 Å². The Kier molecular flexibility index (Phi) is 10.6. The van der Waals surface area contributed by atoms with Gasteiger partial charge < -0.3 is 10.2 Å². The molecule has 218 valence electrons. The van der Waals surface area contributed by atoms with Crippen molar-refractivity contribution in [1.82, 2.24) is 14.5 Å². The van der Waals surface area contributed by atoms with Gasteiger partial charge in [-0.25, -0.2) is 4.31 Å². The summed E-state index contributed by atoms with van der Waals surface area (Å²) in [4.78, 5) is 29.7. The summed E-state index contributed by atoms with van der Waals surface area (Å²) in [5.41, 5.74) is 2.11. The number of nitrogens with zero attached hydrogens (tertiary/aromatic N) is 3. The Balaban J connectivity index is 1.73. The summed E-state index contributed by atoms with van der Waals surface area (Å²) in [6, 6.07) is 24.9. The van der Waals surface area contributed by atoms with E-state index in [9.17, 15) is 18.0 Å². The fourth-order valence-corrected chi connectivity index (χ4v) is 6.34. The predicted octanol–water partition coefficient (Wildman–Crippen LogP) is 4.76. The van der Waals surface area contributed by atoms with E-state index in [0.29, 0.717) is 12.1 Å². The maximum atomic E-state index is 14.3. The van der Waals surface area contributed by atoms with Crippen LogP contribution in [0.2, 0.25) is 0 Å². The van der Waals surface area contributed by atoms with Gasteiger partial charge in [0.2, 0.25) is 11.8 Å². The Morgan fingerprint density at radius 2 is 1.46 bits per heavy atom. The van der Waals surface area contributed by atoms with Crippen LogP contribution in [0.5, 0.6) is 0 Å². The van der Waals surface area contributed by atoms with E-state index >= 15 is 0 Å². The van der Waals surface area contributed by atoms with Crippen molar-refractivity contribution in [3.63, 3.8) is 0 Å². The van der Waals surface area contributed by atoms with Gasteiger partial charge in [-0.2, -0.15) is 12.7 Å². The van der Waals surface area contributed by atoms with Crippen molar-refractivity contribution >= 4 is 43.6 Å². The van der Waals surface area contributed by atoms with Crippen LogP contribution in [0, 0.1) is 0 Å². The summed E-state index contributed by atoms with van der Waals surface area (Å²) in [6.45, 7) is -0.310. The molecule has 1 aliphatic carbocycles. The molecule has 1 N–H and O–H groups in total. The Labute approximate surface area is 251 Å². The lowest BCUT2D eigenvalue weighted by Crippen LogP contribution is -2.55. The fraction of sp³-hybridized carbons (Fsp3) is 0.355. The second-order valence-electron chi connectivity index (χ2n) is 10.5. The molecule has 0 radical (unpaired) electrons. The number of nitrogens with one attached hydrogen (secondary N) is 1. The third-order valence-electron chi connectivity index (χ3n) is 7.30. The molecular weight excluding hydrogens is 604 g/mol. The van der Waals surface area contributed by atoms with E-state index in [1.165, 1.54) is 19.0 Å². The molecule has 0 spiro atoms. The molecule has 2 amide bonds. The molecule has 8 nitrogen and oxygen atoms in total. The SMILES string of the molecule is CN(C)S(=O)(=O)N(CC(=O)N(Cc1ccc(Br)cc1)C(Cc1ccccc1)C(=O)NC1CCCC1)c1ccccc1. The number of hydrogen-bond donors (Lipinski definition) is 1. The summed E-state index contributed by atoms with van der Waals surface area (Å²) in [5.74, 6) is -0.697. The molecule has 0 bridgehead atoms. The molecule has 0 aliphatic heterocycles. The van der Waals surface area contributed by atoms with Crippen molar-refractivity contribution < 1.29 is 18.0 Å². The largest absolute Gasteiger partial charge is 0.352 e. The van der Waals surface area contributed by atoms with Crippen LogP contribution in [0.25, 0.3) is 0 Å². The highest BCUT2D eigenvalue weighted by Gasteiger charge is 2.35. The summed E-state index contributed by atoms with van der Waals surface area (Å²) in [7, 11) is -1.14. The van der Waals surface area contributed by atoms with Crippen LogP contribution in [-0.4, -0.2) is 62.2 Å². The minimum atomic E-state index is -4.01. The van der Waals surface area contributed by atoms with Crippen LogP contribution in [0.15, 0.2) is 89.4 Å². The second-order valence-corrected chi connectivity index (χ2v) is 13.5. The number of carbonyl (C=O) groups excluding carboxylic acids is 2. The molecule has 1 aliphatic rings. The number of para-hydroxylation sites is 1. The van der Waals surface area contributed by atoms with Gasteiger partial charge in [0.05, 0.1) is 5.69 Å². The van der Waals surface area contributed by atoms with Crippen LogP contribution in [0.4, 0.5) is 5.69 Å². The lowest BCUT2D eigenvalue weighted by Gasteiger charge is -2.35. The Hall–Kier alpha value is -3.21. The molecule has 1 saturated carbocycles. The standard InChI is InChI=1S/C31H37BrN4O4S/c1-34(2)41(39,40)36(28-15-7-4-8-16-28)23-30(37)35(22-25-17-19-26(32)20-18-25)29(21-24-11-5-3-6-12-24)31(38)33-27-13-9-10-14-27/h3-8,11-12,15-20,27,29H,9-10,13-14,21-23H2,1-2H3,(H,33,38). The number of carbonyl (C=O) groups is 2. The minimum Gasteiger partial charge on any atom is -0.352 e. The maximum Gasteiger partial charge on any atom is 0.304 e. The van der Waals surface area contributed by atoms with Gasteiger partial charge in [0.25, 0.3) is 0 Å². The van der Waals surface area contributed by atoms with Gasteiger partial charge in [-0.3, -0.25) is 9.59 Å². The molecule has 10 heteroatoms. The third-order valence-corrected chi connectivity index (χ3v) is 9.65. The average Bonchev–Trinajstić information content (AvgIpc) is 3.48. The van der Waals surface area contributed by atoms with E-state index in [2.05, 4.69) is 21.2 Å². The first-order valence-corrected chi connectivity index (χ1v) is 16.0. The second kappa shape index (κ2) is 14.1. The summed E-state index contributed by atoms with van der Waals surface area (Å²) < 4.78 is 29.9. The normalized spacial score (nSPS) is 14.5. The lowest BCUT2D eigenvalue weighted by molar-refractivity contribution is -0.140. The summed E-state index contributed by atoms with van der Waals surface area (Å²) in [6.07, 6.45) is 4.24. The highest BCUT2D eigenvalue weighted by atomic mass is 79.9. The van der Waals surface area contributed by atoms with Gasteiger partial charge in [0.15, 0.2) is 0 Å². The highest BCUT2D eigenvalue weighted by Crippen LogP contribution is 2.23. The third kappa shape index (κ3) is 8.18. The van der Waals surface area contributed by atoms with Crippen LogP contribution in [0.3, 0.4) is 0 Å². The first-order valence-electron chi connectivity index (χ1n) is 13.8. The van der Waals surface area contributed by atoms with Gasteiger partial charge >= 0.3 is 10.2 Å². The van der Waals surface area contributed by atoms with Crippen molar-refractivity contribution in [2.24, 2.45) is 0 Å². The van der Waals surface area contributed by atoms with Crippen LogP contribution < -0.4 is 9.62 Å². The minimum absolute atomic E-state index is 0.0698.